The van der Waals surface area contributed by atoms with E-state index in [1.807, 2.05) is 95.8 Å². The molecule has 3 fully saturated rings. The minimum atomic E-state index is -0.735. The number of carbonyl (C=O) groups excluding carboxylic acids is 8. The number of nitrogens with one attached hydrogen (secondary N) is 1. The number of Topliss-reactive ketones (excluding diaryl/α,β-unsaturated/α-hetero) is 2. The Balaban J connectivity index is 1.14. The number of aromatic amines is 1. The molecule has 5 rings (SSSR count). The number of imide groups is 1. The summed E-state index contributed by atoms with van der Waals surface area (Å²) < 4.78 is 29.1. The molecule has 1 aromatic carbocycles. The van der Waals surface area contributed by atoms with Crippen LogP contribution in [-0.4, -0.2) is 201 Å². The first-order chi connectivity index (χ1) is 38.7. The largest absolute Gasteiger partial charge is 0.379 e. The number of hydrogen-bond donors (Lipinski definition) is 1. The quantitative estimate of drug-likeness (QED) is 0.0609. The average Bonchev–Trinajstić information content (AvgIpc) is 4.20. The highest BCUT2D eigenvalue weighted by Gasteiger charge is 2.44. The molecule has 3 saturated heterocycles. The third kappa shape index (κ3) is 18.7. The maximum absolute atomic E-state index is 14.8. The molecular weight excluding hydrogens is 1040 g/mol. The molecule has 21 nitrogen and oxygen atoms in total. The van der Waals surface area contributed by atoms with Crippen LogP contribution in [0.15, 0.2) is 30.5 Å². The molecule has 3 aliphatic heterocycles. The highest BCUT2D eigenvalue weighted by Crippen LogP contribution is 2.33. The molecule has 0 unspecified atom stereocenters. The SMILES string of the molecule is CC[C@H](C)[C@@H]([C@@H](CC(=O)N1CCC[C@H]1[C@H](OC)[C@@H](C)C(=O)C[C@@H](Cc1c[nH]c2ccccc12)C(=O)N1CCCCO1)OC)N(C)C(=O)[C@@H](CC(=O)[C@H](C(C)C)N(C)CCOCCOCCOCCC(=O)ON1C(=O)CCC1=O)C(C)C. The van der Waals surface area contributed by atoms with Gasteiger partial charge in [-0.2, -0.15) is 0 Å². The van der Waals surface area contributed by atoms with E-state index in [1.165, 1.54) is 5.06 Å². The third-order valence-electron chi connectivity index (χ3n) is 16.5. The fraction of sp³-hybridized carbons (Fsp3) is 0.733. The second-order valence-corrected chi connectivity index (χ2v) is 22.8. The molecular formula is C60H94N6O15. The van der Waals surface area contributed by atoms with Crippen molar-refractivity contribution >= 4 is 58.0 Å². The van der Waals surface area contributed by atoms with Gasteiger partial charge in [-0.1, -0.05) is 73.1 Å². The molecule has 4 heterocycles. The van der Waals surface area contributed by atoms with Crippen molar-refractivity contribution in [3.8, 4) is 0 Å². The molecule has 0 radical (unpaired) electrons. The summed E-state index contributed by atoms with van der Waals surface area (Å²) in [5.74, 6) is -4.80. The van der Waals surface area contributed by atoms with E-state index in [2.05, 4.69) is 4.98 Å². The fourth-order valence-corrected chi connectivity index (χ4v) is 11.7. The van der Waals surface area contributed by atoms with Gasteiger partial charge in [-0.15, -0.1) is 5.06 Å². The second kappa shape index (κ2) is 33.2. The average molecular weight is 1140 g/mol. The summed E-state index contributed by atoms with van der Waals surface area (Å²) in [6, 6.07) is 6.52. The molecule has 9 atom stereocenters. The molecule has 0 aliphatic carbocycles. The van der Waals surface area contributed by atoms with Crippen molar-refractivity contribution in [2.45, 2.75) is 156 Å². The number of benzene rings is 1. The van der Waals surface area contributed by atoms with Crippen molar-refractivity contribution in [2.24, 2.45) is 35.5 Å². The Morgan fingerprint density at radius 3 is 2.06 bits per heavy atom. The summed E-state index contributed by atoms with van der Waals surface area (Å²) >= 11 is 0. The summed E-state index contributed by atoms with van der Waals surface area (Å²) in [6.07, 6.45) is 4.60. The number of H-pyrrole nitrogens is 1. The van der Waals surface area contributed by atoms with Gasteiger partial charge in [0.15, 0.2) is 5.78 Å². The lowest BCUT2D eigenvalue weighted by atomic mass is 9.83. The number of para-hydroxylation sites is 1. The van der Waals surface area contributed by atoms with Crippen molar-refractivity contribution in [1.29, 1.82) is 0 Å². The number of nitrogens with zero attached hydrogens (tertiary/aromatic N) is 5. The van der Waals surface area contributed by atoms with Gasteiger partial charge in [0.25, 0.3) is 11.8 Å². The van der Waals surface area contributed by atoms with Gasteiger partial charge in [0.2, 0.25) is 17.7 Å². The summed E-state index contributed by atoms with van der Waals surface area (Å²) in [4.78, 5) is 127. The normalized spacial score (nSPS) is 19.0. The molecule has 1 aromatic heterocycles. The van der Waals surface area contributed by atoms with E-state index in [-0.39, 0.29) is 105 Å². The van der Waals surface area contributed by atoms with Crippen molar-refractivity contribution in [1.82, 2.24) is 29.8 Å². The predicted molar refractivity (Wildman–Crippen MR) is 302 cm³/mol. The smallest absolute Gasteiger partial charge is 0.335 e. The number of fused-ring (bicyclic) bond motifs is 1. The summed E-state index contributed by atoms with van der Waals surface area (Å²) in [6.45, 7) is 17.1. The van der Waals surface area contributed by atoms with Crippen LogP contribution in [0.1, 0.15) is 125 Å². The first-order valence-corrected chi connectivity index (χ1v) is 29.4. The number of hydrogen-bond acceptors (Lipinski definition) is 16. The minimum Gasteiger partial charge on any atom is -0.379 e. The number of hydroxylamine groups is 4. The van der Waals surface area contributed by atoms with E-state index in [0.717, 1.165) is 35.7 Å². The molecule has 0 bridgehead atoms. The van der Waals surface area contributed by atoms with Crippen molar-refractivity contribution in [2.75, 3.05) is 94.2 Å². The lowest BCUT2D eigenvalue weighted by Gasteiger charge is -2.41. The van der Waals surface area contributed by atoms with Crippen LogP contribution >= 0.6 is 0 Å². The van der Waals surface area contributed by atoms with Crippen LogP contribution < -0.4 is 0 Å². The van der Waals surface area contributed by atoms with E-state index in [1.54, 1.807) is 26.2 Å². The Labute approximate surface area is 479 Å². The molecule has 1 N–H and O–H groups in total. The van der Waals surface area contributed by atoms with E-state index < -0.39 is 65.9 Å². The Kier molecular flexibility index (Phi) is 27.3. The molecule has 3 aliphatic rings. The number of amides is 5. The molecule has 21 heteroatoms. The monoisotopic (exact) mass is 1140 g/mol. The zero-order valence-corrected chi connectivity index (χ0v) is 50.2. The number of likely N-dealkylation sites (tertiary alicyclic amines) is 1. The maximum Gasteiger partial charge on any atom is 0.335 e. The first kappa shape index (κ1) is 66.6. The molecule has 454 valence electrons. The topological polar surface area (TPSA) is 233 Å². The molecule has 5 amide bonds. The summed E-state index contributed by atoms with van der Waals surface area (Å²) in [5.41, 5.74) is 1.90. The summed E-state index contributed by atoms with van der Waals surface area (Å²) in [7, 11) is 6.76. The van der Waals surface area contributed by atoms with Gasteiger partial charge in [-0.25, -0.2) is 9.86 Å². The molecule has 0 saturated carbocycles. The van der Waals surface area contributed by atoms with E-state index in [9.17, 15) is 38.4 Å². The number of ketones is 2. The van der Waals surface area contributed by atoms with Gasteiger partial charge < -0.3 is 43.3 Å². The number of rotatable bonds is 36. The first-order valence-electron chi connectivity index (χ1n) is 29.4. The van der Waals surface area contributed by atoms with Crippen LogP contribution in [-0.2, 0) is 78.1 Å². The van der Waals surface area contributed by atoms with Crippen LogP contribution in [0.4, 0.5) is 0 Å². The highest BCUT2D eigenvalue weighted by atomic mass is 16.7. The predicted octanol–water partition coefficient (Wildman–Crippen LogP) is 6.00. The van der Waals surface area contributed by atoms with Gasteiger partial charge in [0, 0.05) is 95.5 Å². The van der Waals surface area contributed by atoms with E-state index in [4.69, 9.17) is 33.4 Å². The number of ether oxygens (including phenoxy) is 5. The van der Waals surface area contributed by atoms with E-state index in [0.29, 0.717) is 70.4 Å². The lowest BCUT2D eigenvalue weighted by molar-refractivity contribution is -0.201. The zero-order valence-electron chi connectivity index (χ0n) is 50.2. The van der Waals surface area contributed by atoms with Gasteiger partial charge in [-0.05, 0) is 68.5 Å². The van der Waals surface area contributed by atoms with E-state index >= 15 is 0 Å². The molecule has 2 aromatic rings. The van der Waals surface area contributed by atoms with Crippen molar-refractivity contribution < 1.29 is 71.7 Å². The van der Waals surface area contributed by atoms with Crippen LogP contribution in [0.2, 0.25) is 0 Å². The Morgan fingerprint density at radius 2 is 1.44 bits per heavy atom. The molecule has 81 heavy (non-hydrogen) atoms. The number of carbonyl (C=O) groups is 8. The van der Waals surface area contributed by atoms with Gasteiger partial charge in [0.05, 0.1) is 95.3 Å². The number of methoxy groups -OCH3 is 2. The lowest BCUT2D eigenvalue weighted by Crippen LogP contribution is -2.54. The van der Waals surface area contributed by atoms with Crippen molar-refractivity contribution in [3.05, 3.63) is 36.0 Å². The van der Waals surface area contributed by atoms with Crippen LogP contribution in [0.25, 0.3) is 10.9 Å². The fourth-order valence-electron chi connectivity index (χ4n) is 11.7. The minimum absolute atomic E-state index is 0.0148. The second-order valence-electron chi connectivity index (χ2n) is 22.8. The van der Waals surface area contributed by atoms with Crippen LogP contribution in [0.3, 0.4) is 0 Å². The van der Waals surface area contributed by atoms with Gasteiger partial charge in [-0.3, -0.25) is 43.3 Å². The number of likely N-dealkylation sites (N-methyl/N-ethyl adjacent to an activating group) is 2. The third-order valence-corrected chi connectivity index (χ3v) is 16.5. The van der Waals surface area contributed by atoms with Crippen LogP contribution in [0.5, 0.6) is 0 Å². The Bertz CT molecular complexity index is 2360. The summed E-state index contributed by atoms with van der Waals surface area (Å²) in [5, 5.41) is 2.93. The maximum atomic E-state index is 14.8. The number of aromatic nitrogens is 1. The van der Waals surface area contributed by atoms with Gasteiger partial charge in [0.1, 0.15) is 5.78 Å². The van der Waals surface area contributed by atoms with Gasteiger partial charge >= 0.3 is 5.97 Å². The highest BCUT2D eigenvalue weighted by molar-refractivity contribution is 6.01. The molecule has 0 spiro atoms. The standard InChI is InChI=1S/C60H94N6O15/c1-12-41(6)57(63(9)60(74)46(39(2)3)36-50(68)56(40(4)5)62(8)26-29-78-31-33-79-32-30-77-28-23-55(72)81-66-52(69)21-22-53(66)70)51(75-10)37-54(71)64-24-17-20-48(64)58(76-11)42(7)49(67)35-43(59(73)65-25-15-16-27-80-65)34-44-38-61-47-19-14-13-18-45(44)47/h13-14,18-19,38-43,46,48,51,56-58,61H,12,15-17,20-37H2,1-11H3/t41-,42-,43+,46-,48-,51+,56-,57-,58+/m0/s1. The Morgan fingerprint density at radius 1 is 0.778 bits per heavy atom. The van der Waals surface area contributed by atoms with Crippen molar-refractivity contribution in [3.63, 3.8) is 0 Å². The van der Waals surface area contributed by atoms with Crippen LogP contribution in [0, 0.1) is 35.5 Å². The Hall–Kier alpha value is -5.16. The zero-order chi connectivity index (χ0) is 59.3.